The van der Waals surface area contributed by atoms with E-state index in [9.17, 15) is 0 Å². The highest BCUT2D eigenvalue weighted by Gasteiger charge is 2.17. The number of hydrogen-bond acceptors (Lipinski definition) is 4. The predicted molar refractivity (Wildman–Crippen MR) is 70.9 cm³/mol. The van der Waals surface area contributed by atoms with Gasteiger partial charge in [0, 0.05) is 5.56 Å². The van der Waals surface area contributed by atoms with Gasteiger partial charge in [-0.05, 0) is 30.9 Å². The first kappa shape index (κ1) is 12.8. The first-order valence-electron chi connectivity index (χ1n) is 6.23. The van der Waals surface area contributed by atoms with Crippen molar-refractivity contribution in [3.8, 4) is 11.5 Å². The smallest absolute Gasteiger partial charge is 0.248 e. The fourth-order valence-electron chi connectivity index (χ4n) is 1.91. The van der Waals surface area contributed by atoms with Crippen molar-refractivity contribution in [2.24, 2.45) is 11.7 Å². The third kappa shape index (κ3) is 2.76. The van der Waals surface area contributed by atoms with Crippen molar-refractivity contribution in [3.05, 3.63) is 35.7 Å². The van der Waals surface area contributed by atoms with Gasteiger partial charge in [-0.15, -0.1) is 10.2 Å². The molecule has 1 unspecified atom stereocenters. The van der Waals surface area contributed by atoms with Gasteiger partial charge in [0.25, 0.3) is 0 Å². The summed E-state index contributed by atoms with van der Waals surface area (Å²) in [6, 6.07) is 7.75. The molecule has 0 amide bonds. The van der Waals surface area contributed by atoms with Gasteiger partial charge in [0.2, 0.25) is 11.8 Å². The van der Waals surface area contributed by atoms with Crippen LogP contribution in [0, 0.1) is 12.8 Å². The van der Waals surface area contributed by atoms with Gasteiger partial charge in [-0.1, -0.05) is 32.0 Å². The first-order chi connectivity index (χ1) is 8.58. The molecule has 0 saturated heterocycles. The van der Waals surface area contributed by atoms with Gasteiger partial charge >= 0.3 is 0 Å². The summed E-state index contributed by atoms with van der Waals surface area (Å²) in [4.78, 5) is 0. The molecule has 96 valence electrons. The molecule has 0 saturated carbocycles. The van der Waals surface area contributed by atoms with E-state index in [1.54, 1.807) is 0 Å². The minimum absolute atomic E-state index is 0.185. The molecule has 2 aromatic rings. The molecule has 0 radical (unpaired) electrons. The van der Waals surface area contributed by atoms with Crippen LogP contribution in [-0.4, -0.2) is 10.2 Å². The Labute approximate surface area is 107 Å². The normalized spacial score (nSPS) is 12.9. The highest BCUT2D eigenvalue weighted by molar-refractivity contribution is 5.57. The number of rotatable bonds is 4. The van der Waals surface area contributed by atoms with Crippen molar-refractivity contribution < 1.29 is 4.42 Å². The van der Waals surface area contributed by atoms with Crippen LogP contribution >= 0.6 is 0 Å². The lowest BCUT2D eigenvalue weighted by molar-refractivity contribution is 0.408. The van der Waals surface area contributed by atoms with Crippen molar-refractivity contribution in [2.45, 2.75) is 33.2 Å². The summed E-state index contributed by atoms with van der Waals surface area (Å²) in [6.45, 7) is 6.27. The Morgan fingerprint density at radius 3 is 2.61 bits per heavy atom. The number of nitrogens with two attached hydrogens (primary N) is 1. The van der Waals surface area contributed by atoms with E-state index in [0.717, 1.165) is 17.5 Å². The van der Waals surface area contributed by atoms with Crippen LogP contribution in [0.4, 0.5) is 0 Å². The Hall–Kier alpha value is -1.68. The number of hydrogen-bond donors (Lipinski definition) is 1. The highest BCUT2D eigenvalue weighted by atomic mass is 16.4. The maximum absolute atomic E-state index is 6.03. The second kappa shape index (κ2) is 5.31. The minimum atomic E-state index is -0.185. The second-order valence-corrected chi connectivity index (χ2v) is 5.00. The Balaban J connectivity index is 2.23. The maximum atomic E-state index is 6.03. The van der Waals surface area contributed by atoms with Crippen LogP contribution < -0.4 is 5.73 Å². The molecule has 1 aromatic heterocycles. The fourth-order valence-corrected chi connectivity index (χ4v) is 1.91. The number of aryl methyl sites for hydroxylation is 1. The minimum Gasteiger partial charge on any atom is -0.419 e. The molecule has 0 aliphatic heterocycles. The molecule has 0 aliphatic carbocycles. The molecule has 0 fully saturated rings. The van der Waals surface area contributed by atoms with Gasteiger partial charge in [0.05, 0.1) is 6.04 Å². The van der Waals surface area contributed by atoms with Crippen molar-refractivity contribution >= 4 is 0 Å². The predicted octanol–water partition coefficient (Wildman–Crippen LogP) is 3.09. The third-order valence-electron chi connectivity index (χ3n) is 2.86. The van der Waals surface area contributed by atoms with Gasteiger partial charge in [-0.25, -0.2) is 0 Å². The summed E-state index contributed by atoms with van der Waals surface area (Å²) in [7, 11) is 0. The molecule has 0 bridgehead atoms. The standard InChI is InChI=1S/C14H19N3O/c1-9(2)8-12(15)14-17-16-13(18-14)11-7-5-4-6-10(11)3/h4-7,9,12H,8,15H2,1-3H3. The molecule has 1 heterocycles. The van der Waals surface area contributed by atoms with E-state index in [1.807, 2.05) is 31.2 Å². The lowest BCUT2D eigenvalue weighted by Crippen LogP contribution is -2.13. The van der Waals surface area contributed by atoms with E-state index in [2.05, 4.69) is 24.0 Å². The van der Waals surface area contributed by atoms with E-state index in [4.69, 9.17) is 10.2 Å². The van der Waals surface area contributed by atoms with E-state index in [1.165, 1.54) is 0 Å². The molecule has 2 N–H and O–H groups in total. The quantitative estimate of drug-likeness (QED) is 0.899. The third-order valence-corrected chi connectivity index (χ3v) is 2.86. The zero-order valence-electron chi connectivity index (χ0n) is 11.1. The Morgan fingerprint density at radius 2 is 1.94 bits per heavy atom. The van der Waals surface area contributed by atoms with Gasteiger partial charge in [0.15, 0.2) is 0 Å². The van der Waals surface area contributed by atoms with Crippen LogP contribution in [0.25, 0.3) is 11.5 Å². The van der Waals surface area contributed by atoms with Crippen molar-refractivity contribution in [1.82, 2.24) is 10.2 Å². The number of aromatic nitrogens is 2. The molecule has 1 aromatic carbocycles. The largest absolute Gasteiger partial charge is 0.419 e. The van der Waals surface area contributed by atoms with Crippen LogP contribution in [0.2, 0.25) is 0 Å². The molecule has 0 spiro atoms. The monoisotopic (exact) mass is 245 g/mol. The van der Waals surface area contributed by atoms with Gasteiger partial charge < -0.3 is 10.2 Å². The SMILES string of the molecule is Cc1ccccc1-c1nnc(C(N)CC(C)C)o1. The summed E-state index contributed by atoms with van der Waals surface area (Å²) in [5, 5.41) is 8.12. The maximum Gasteiger partial charge on any atom is 0.248 e. The van der Waals surface area contributed by atoms with Gasteiger partial charge in [0.1, 0.15) is 0 Å². The van der Waals surface area contributed by atoms with E-state index < -0.39 is 0 Å². The van der Waals surface area contributed by atoms with Gasteiger partial charge in [-0.2, -0.15) is 0 Å². The van der Waals surface area contributed by atoms with E-state index in [0.29, 0.717) is 17.7 Å². The molecule has 4 nitrogen and oxygen atoms in total. The summed E-state index contributed by atoms with van der Waals surface area (Å²) in [6.07, 6.45) is 0.843. The second-order valence-electron chi connectivity index (χ2n) is 5.00. The average molecular weight is 245 g/mol. The van der Waals surface area contributed by atoms with E-state index in [-0.39, 0.29) is 6.04 Å². The number of benzene rings is 1. The summed E-state index contributed by atoms with van der Waals surface area (Å²) in [5.74, 6) is 1.57. The highest BCUT2D eigenvalue weighted by Crippen LogP contribution is 2.24. The van der Waals surface area contributed by atoms with Gasteiger partial charge in [-0.3, -0.25) is 0 Å². The molecule has 4 heteroatoms. The fraction of sp³-hybridized carbons (Fsp3) is 0.429. The van der Waals surface area contributed by atoms with Crippen molar-refractivity contribution in [1.29, 1.82) is 0 Å². The van der Waals surface area contributed by atoms with Crippen LogP contribution in [0.3, 0.4) is 0 Å². The molecule has 18 heavy (non-hydrogen) atoms. The Bertz CT molecular complexity index is 519. The van der Waals surface area contributed by atoms with Crippen LogP contribution in [0.15, 0.2) is 28.7 Å². The average Bonchev–Trinajstić information content (AvgIpc) is 2.78. The summed E-state index contributed by atoms with van der Waals surface area (Å²) >= 11 is 0. The molecular formula is C14H19N3O. The zero-order valence-corrected chi connectivity index (χ0v) is 11.1. The van der Waals surface area contributed by atoms with Crippen LogP contribution in [0.5, 0.6) is 0 Å². The first-order valence-corrected chi connectivity index (χ1v) is 6.23. The summed E-state index contributed by atoms with van der Waals surface area (Å²) in [5.41, 5.74) is 8.11. The Kier molecular flexibility index (Phi) is 3.77. The van der Waals surface area contributed by atoms with Crippen LogP contribution in [-0.2, 0) is 0 Å². The molecular weight excluding hydrogens is 226 g/mol. The van der Waals surface area contributed by atoms with Crippen molar-refractivity contribution in [2.75, 3.05) is 0 Å². The molecule has 0 aliphatic rings. The molecule has 2 rings (SSSR count). The van der Waals surface area contributed by atoms with Crippen molar-refractivity contribution in [3.63, 3.8) is 0 Å². The zero-order chi connectivity index (χ0) is 13.1. The van der Waals surface area contributed by atoms with Crippen LogP contribution in [0.1, 0.15) is 37.8 Å². The molecule has 1 atom stereocenters. The lowest BCUT2D eigenvalue weighted by Gasteiger charge is -2.09. The Morgan fingerprint density at radius 1 is 1.22 bits per heavy atom. The number of nitrogens with zero attached hydrogens (tertiary/aromatic N) is 2. The van der Waals surface area contributed by atoms with E-state index >= 15 is 0 Å². The topological polar surface area (TPSA) is 64.9 Å². The lowest BCUT2D eigenvalue weighted by atomic mass is 10.0. The summed E-state index contributed by atoms with van der Waals surface area (Å²) < 4.78 is 5.67.